The number of nitrogens with zero attached hydrogens (tertiary/aromatic N) is 1. The van der Waals surface area contributed by atoms with Gasteiger partial charge in [0.25, 0.3) is 0 Å². The Morgan fingerprint density at radius 3 is 2.83 bits per heavy atom. The molecule has 0 radical (unpaired) electrons. The number of hydrogen-bond acceptors (Lipinski definition) is 3. The zero-order valence-electron chi connectivity index (χ0n) is 11.0. The molecule has 0 aliphatic carbocycles. The van der Waals surface area contributed by atoms with Crippen LogP contribution in [0, 0.1) is 11.7 Å². The topological polar surface area (TPSA) is 38.5 Å². The zero-order chi connectivity index (χ0) is 13.1. The van der Waals surface area contributed by atoms with Crippen molar-refractivity contribution >= 4 is 0 Å². The van der Waals surface area contributed by atoms with Crippen LogP contribution < -0.4 is 10.5 Å². The Morgan fingerprint density at radius 2 is 2.28 bits per heavy atom. The summed E-state index contributed by atoms with van der Waals surface area (Å²) in [6.45, 7) is 4.78. The van der Waals surface area contributed by atoms with E-state index < -0.39 is 0 Å². The van der Waals surface area contributed by atoms with Crippen molar-refractivity contribution in [1.29, 1.82) is 0 Å². The van der Waals surface area contributed by atoms with E-state index in [4.69, 9.17) is 10.5 Å². The first-order valence-electron chi connectivity index (χ1n) is 6.48. The van der Waals surface area contributed by atoms with E-state index in [0.717, 1.165) is 25.1 Å². The zero-order valence-corrected chi connectivity index (χ0v) is 11.0. The number of rotatable bonds is 4. The second-order valence-corrected chi connectivity index (χ2v) is 4.75. The minimum Gasteiger partial charge on any atom is -0.494 e. The average Bonchev–Trinajstić information content (AvgIpc) is 2.81. The van der Waals surface area contributed by atoms with E-state index in [-0.39, 0.29) is 11.9 Å². The van der Waals surface area contributed by atoms with Crippen LogP contribution in [0.15, 0.2) is 18.2 Å². The molecule has 4 heteroatoms. The predicted octanol–water partition coefficient (Wildman–Crippen LogP) is 2.18. The number of hydrogen-bond donors (Lipinski definition) is 1. The number of ether oxygens (including phenoxy) is 1. The summed E-state index contributed by atoms with van der Waals surface area (Å²) in [6, 6.07) is 5.47. The summed E-state index contributed by atoms with van der Waals surface area (Å²) in [4.78, 5) is 2.36. The molecule has 2 unspecified atom stereocenters. The van der Waals surface area contributed by atoms with Crippen LogP contribution in [0.1, 0.15) is 24.9 Å². The lowest BCUT2D eigenvalue weighted by Gasteiger charge is -2.27. The Morgan fingerprint density at radius 1 is 1.50 bits per heavy atom. The average molecular weight is 252 g/mol. The fourth-order valence-electron chi connectivity index (χ4n) is 2.88. The van der Waals surface area contributed by atoms with E-state index in [1.54, 1.807) is 12.1 Å². The molecule has 0 spiro atoms. The number of benzene rings is 1. The van der Waals surface area contributed by atoms with Gasteiger partial charge in [-0.3, -0.25) is 4.90 Å². The van der Waals surface area contributed by atoms with E-state index in [2.05, 4.69) is 11.8 Å². The summed E-state index contributed by atoms with van der Waals surface area (Å²) in [5.41, 5.74) is 6.83. The van der Waals surface area contributed by atoms with Gasteiger partial charge in [-0.25, -0.2) is 4.39 Å². The molecular weight excluding hydrogens is 231 g/mol. The summed E-state index contributed by atoms with van der Waals surface area (Å²) >= 11 is 0. The lowest BCUT2D eigenvalue weighted by Crippen LogP contribution is -2.28. The van der Waals surface area contributed by atoms with E-state index >= 15 is 0 Å². The number of methoxy groups -OCH3 is 1. The molecule has 18 heavy (non-hydrogen) atoms. The molecule has 0 amide bonds. The van der Waals surface area contributed by atoms with E-state index in [0.29, 0.717) is 18.2 Å². The Labute approximate surface area is 108 Å². The lowest BCUT2D eigenvalue weighted by atomic mass is 9.93. The number of nitrogens with two attached hydrogens (primary N) is 1. The van der Waals surface area contributed by atoms with E-state index in [1.165, 1.54) is 7.11 Å². The quantitative estimate of drug-likeness (QED) is 0.892. The van der Waals surface area contributed by atoms with Gasteiger partial charge in [-0.1, -0.05) is 13.0 Å². The molecular formula is C14H21FN2O. The smallest absolute Gasteiger partial charge is 0.165 e. The van der Waals surface area contributed by atoms with Crippen LogP contribution in [0.4, 0.5) is 4.39 Å². The highest BCUT2D eigenvalue weighted by atomic mass is 19.1. The van der Waals surface area contributed by atoms with Crippen LogP contribution in [-0.4, -0.2) is 31.6 Å². The number of halogens is 1. The first-order valence-corrected chi connectivity index (χ1v) is 6.48. The van der Waals surface area contributed by atoms with Gasteiger partial charge in [0.15, 0.2) is 11.6 Å². The normalized spacial score (nSPS) is 24.4. The molecule has 0 saturated carbocycles. The summed E-state index contributed by atoms with van der Waals surface area (Å²) in [7, 11) is 1.48. The first-order chi connectivity index (χ1) is 8.71. The van der Waals surface area contributed by atoms with Gasteiger partial charge in [0, 0.05) is 6.04 Å². The minimum absolute atomic E-state index is 0.236. The van der Waals surface area contributed by atoms with Crippen LogP contribution in [0.3, 0.4) is 0 Å². The minimum atomic E-state index is -0.297. The van der Waals surface area contributed by atoms with Crippen molar-refractivity contribution in [2.75, 3.05) is 26.7 Å². The van der Waals surface area contributed by atoms with E-state index in [9.17, 15) is 4.39 Å². The Balaban J connectivity index is 2.30. The third kappa shape index (κ3) is 2.35. The molecule has 2 atom stereocenters. The van der Waals surface area contributed by atoms with Crippen molar-refractivity contribution in [2.24, 2.45) is 11.7 Å². The molecule has 1 aromatic carbocycles. The van der Waals surface area contributed by atoms with Gasteiger partial charge in [0.1, 0.15) is 0 Å². The second-order valence-electron chi connectivity index (χ2n) is 4.75. The molecule has 1 fully saturated rings. The molecule has 3 nitrogen and oxygen atoms in total. The maximum Gasteiger partial charge on any atom is 0.165 e. The van der Waals surface area contributed by atoms with Crippen LogP contribution in [0.2, 0.25) is 0 Å². The molecule has 1 heterocycles. The monoisotopic (exact) mass is 252 g/mol. The fraction of sp³-hybridized carbons (Fsp3) is 0.571. The summed E-state index contributed by atoms with van der Waals surface area (Å²) in [6.07, 6.45) is 1.09. The van der Waals surface area contributed by atoms with Crippen molar-refractivity contribution in [3.63, 3.8) is 0 Å². The summed E-state index contributed by atoms with van der Waals surface area (Å²) in [5.74, 6) is 0.413. The van der Waals surface area contributed by atoms with Crippen LogP contribution in [0.5, 0.6) is 5.75 Å². The van der Waals surface area contributed by atoms with Crippen LogP contribution >= 0.6 is 0 Å². The SMILES string of the molecule is CCN1CCC(CN)C1c1ccc(OC)c(F)c1. The standard InChI is InChI=1S/C14H21FN2O/c1-3-17-7-6-11(9-16)14(17)10-4-5-13(18-2)12(15)8-10/h4-5,8,11,14H,3,6-7,9,16H2,1-2H3. The maximum absolute atomic E-state index is 13.8. The molecule has 0 bridgehead atoms. The van der Waals surface area contributed by atoms with Gasteiger partial charge in [0.2, 0.25) is 0 Å². The lowest BCUT2D eigenvalue weighted by molar-refractivity contribution is 0.241. The van der Waals surface area contributed by atoms with E-state index in [1.807, 2.05) is 6.07 Å². The van der Waals surface area contributed by atoms with Crippen molar-refractivity contribution in [1.82, 2.24) is 4.90 Å². The van der Waals surface area contributed by atoms with Crippen LogP contribution in [0.25, 0.3) is 0 Å². The number of likely N-dealkylation sites (tertiary alicyclic amines) is 1. The van der Waals surface area contributed by atoms with Gasteiger partial charge >= 0.3 is 0 Å². The molecule has 1 aliphatic rings. The second kappa shape index (κ2) is 5.67. The summed E-state index contributed by atoms with van der Waals surface area (Å²) < 4.78 is 18.7. The van der Waals surface area contributed by atoms with Gasteiger partial charge in [-0.05, 0) is 49.7 Å². The Hall–Kier alpha value is -1.13. The highest BCUT2D eigenvalue weighted by molar-refractivity contribution is 5.32. The molecule has 2 N–H and O–H groups in total. The van der Waals surface area contributed by atoms with Crippen molar-refractivity contribution < 1.29 is 9.13 Å². The molecule has 1 aromatic rings. The summed E-state index contributed by atoms with van der Waals surface area (Å²) in [5, 5.41) is 0. The molecule has 1 aliphatic heterocycles. The van der Waals surface area contributed by atoms with Gasteiger partial charge in [0.05, 0.1) is 7.11 Å². The first kappa shape index (κ1) is 13.3. The third-order valence-corrected chi connectivity index (χ3v) is 3.85. The van der Waals surface area contributed by atoms with Crippen LogP contribution in [-0.2, 0) is 0 Å². The molecule has 1 saturated heterocycles. The van der Waals surface area contributed by atoms with Gasteiger partial charge < -0.3 is 10.5 Å². The highest BCUT2D eigenvalue weighted by Crippen LogP contribution is 2.37. The van der Waals surface area contributed by atoms with Gasteiger partial charge in [-0.2, -0.15) is 0 Å². The Kier molecular flexibility index (Phi) is 4.19. The largest absolute Gasteiger partial charge is 0.494 e. The fourth-order valence-corrected chi connectivity index (χ4v) is 2.88. The van der Waals surface area contributed by atoms with Crippen molar-refractivity contribution in [3.05, 3.63) is 29.6 Å². The molecule has 100 valence electrons. The maximum atomic E-state index is 13.8. The molecule has 0 aromatic heterocycles. The third-order valence-electron chi connectivity index (χ3n) is 3.85. The molecule has 2 rings (SSSR count). The Bertz CT molecular complexity index is 399. The highest BCUT2D eigenvalue weighted by Gasteiger charge is 2.33. The van der Waals surface area contributed by atoms with Gasteiger partial charge in [-0.15, -0.1) is 0 Å². The predicted molar refractivity (Wildman–Crippen MR) is 70.1 cm³/mol. The van der Waals surface area contributed by atoms with Crippen molar-refractivity contribution in [3.8, 4) is 5.75 Å². The van der Waals surface area contributed by atoms with Crippen molar-refractivity contribution in [2.45, 2.75) is 19.4 Å².